The number of halogens is 4. The second-order valence-electron chi connectivity index (χ2n) is 2.29. The van der Waals surface area contributed by atoms with E-state index >= 15 is 0 Å². The summed E-state index contributed by atoms with van der Waals surface area (Å²) < 4.78 is 1.35. The zero-order chi connectivity index (χ0) is 9.14. The van der Waals surface area contributed by atoms with Crippen LogP contribution in [0.1, 0.15) is 10.4 Å². The van der Waals surface area contributed by atoms with E-state index in [-0.39, 0.29) is 8.56 Å². The molecule has 0 bridgehead atoms. The quantitative estimate of drug-likeness (QED) is 0.589. The molecule has 12 heavy (non-hydrogen) atoms. The first-order valence-electron chi connectivity index (χ1n) is 3.29. The van der Waals surface area contributed by atoms with Gasteiger partial charge in [0.15, 0.2) is 0 Å². The van der Waals surface area contributed by atoms with E-state index in [1.54, 1.807) is 0 Å². The Balaban J connectivity index is 2.88. The number of hydrogen-bond acceptors (Lipinski definition) is 0. The summed E-state index contributed by atoms with van der Waals surface area (Å²) in [6, 6.07) is 8.21. The fraction of sp³-hybridized carbons (Fsp3) is 0.250. The van der Waals surface area contributed by atoms with E-state index in [2.05, 4.69) is 75.9 Å². The van der Waals surface area contributed by atoms with E-state index in [0.29, 0.717) is 0 Å². The summed E-state index contributed by atoms with van der Waals surface area (Å²) in [5.41, 5.74) is 1.24. The van der Waals surface area contributed by atoms with Gasteiger partial charge in [0.25, 0.3) is 0 Å². The van der Waals surface area contributed by atoms with Gasteiger partial charge in [-0.3, -0.25) is 0 Å². The molecular weight excluding hydrogens is 416 g/mol. The van der Waals surface area contributed by atoms with Crippen LogP contribution < -0.4 is 0 Å². The molecule has 66 valence electrons. The Kier molecular flexibility index (Phi) is 4.79. The van der Waals surface area contributed by atoms with Crippen LogP contribution in [0, 0.1) is 0 Å². The third-order valence-corrected chi connectivity index (χ3v) is 5.42. The van der Waals surface area contributed by atoms with Crippen LogP contribution in [0.2, 0.25) is 0 Å². The van der Waals surface area contributed by atoms with Crippen molar-refractivity contribution in [2.45, 2.75) is 8.56 Å². The summed E-state index contributed by atoms with van der Waals surface area (Å²) >= 11 is 13.9. The summed E-state index contributed by atoms with van der Waals surface area (Å²) in [5, 5.41) is 0. The van der Waals surface area contributed by atoms with Crippen molar-refractivity contribution in [3.05, 3.63) is 34.3 Å². The van der Waals surface area contributed by atoms with Crippen LogP contribution in [0.4, 0.5) is 0 Å². The maximum absolute atomic E-state index is 3.57. The molecule has 0 aromatic heterocycles. The summed E-state index contributed by atoms with van der Waals surface area (Å²) in [6.45, 7) is 0. The van der Waals surface area contributed by atoms with Gasteiger partial charge in [-0.15, -0.1) is 0 Å². The van der Waals surface area contributed by atoms with Gasteiger partial charge in [-0.25, -0.2) is 0 Å². The van der Waals surface area contributed by atoms with Crippen LogP contribution in [0.15, 0.2) is 28.7 Å². The molecule has 0 heterocycles. The average molecular weight is 422 g/mol. The maximum Gasteiger partial charge on any atom is 0.0863 e. The highest BCUT2D eigenvalue weighted by Crippen LogP contribution is 2.35. The van der Waals surface area contributed by atoms with Gasteiger partial charge < -0.3 is 0 Å². The molecular formula is C8H6Br4. The Hall–Kier alpha value is 1.14. The zero-order valence-corrected chi connectivity index (χ0v) is 12.3. The van der Waals surface area contributed by atoms with Gasteiger partial charge >= 0.3 is 0 Å². The van der Waals surface area contributed by atoms with Crippen LogP contribution >= 0.6 is 63.7 Å². The van der Waals surface area contributed by atoms with Crippen molar-refractivity contribution in [2.24, 2.45) is 0 Å². The molecule has 1 unspecified atom stereocenters. The van der Waals surface area contributed by atoms with Crippen LogP contribution in [-0.2, 0) is 0 Å². The SMILES string of the molecule is Brc1cccc(C(Br)C(Br)Br)c1. The van der Waals surface area contributed by atoms with Crippen LogP contribution in [-0.4, -0.2) is 3.74 Å². The molecule has 0 radical (unpaired) electrons. The molecule has 0 amide bonds. The second-order valence-corrected chi connectivity index (χ2v) is 7.40. The molecule has 0 fully saturated rings. The van der Waals surface area contributed by atoms with Gasteiger partial charge in [-0.05, 0) is 17.7 Å². The summed E-state index contributed by atoms with van der Waals surface area (Å²) in [4.78, 5) is 0.287. The topological polar surface area (TPSA) is 0 Å². The lowest BCUT2D eigenvalue weighted by Gasteiger charge is -2.11. The number of rotatable bonds is 2. The summed E-state index contributed by atoms with van der Waals surface area (Å²) in [6.07, 6.45) is 0. The lowest BCUT2D eigenvalue weighted by atomic mass is 10.2. The standard InChI is InChI=1S/C8H6Br4/c9-6-3-1-2-5(4-6)7(10)8(11)12/h1-4,7-8H. The predicted molar refractivity (Wildman–Crippen MR) is 67.5 cm³/mol. The molecule has 0 N–H and O–H groups in total. The molecule has 0 saturated carbocycles. The molecule has 0 spiro atoms. The molecule has 1 atom stereocenters. The fourth-order valence-electron chi connectivity index (χ4n) is 0.824. The highest BCUT2D eigenvalue weighted by Gasteiger charge is 2.14. The number of benzene rings is 1. The summed E-state index contributed by atoms with van der Waals surface area (Å²) in [7, 11) is 0. The Morgan fingerprint density at radius 2 is 1.75 bits per heavy atom. The molecule has 0 saturated heterocycles. The lowest BCUT2D eigenvalue weighted by Crippen LogP contribution is -1.97. The largest absolute Gasteiger partial charge is 0.0863 e. The van der Waals surface area contributed by atoms with Gasteiger partial charge in [0, 0.05) is 4.47 Å². The molecule has 1 rings (SSSR count). The minimum Gasteiger partial charge on any atom is -0.0817 e. The Bertz CT molecular complexity index is 259. The molecule has 0 nitrogen and oxygen atoms in total. The normalized spacial score (nSPS) is 13.4. The van der Waals surface area contributed by atoms with E-state index in [9.17, 15) is 0 Å². The molecule has 1 aromatic rings. The summed E-state index contributed by atoms with van der Waals surface area (Å²) in [5.74, 6) is 0. The Morgan fingerprint density at radius 3 is 2.25 bits per heavy atom. The molecule has 4 heteroatoms. The predicted octanol–water partition coefficient (Wildman–Crippen LogP) is 5.00. The average Bonchev–Trinajstić information content (AvgIpc) is 2.03. The smallest absolute Gasteiger partial charge is 0.0817 e. The van der Waals surface area contributed by atoms with Crippen molar-refractivity contribution < 1.29 is 0 Å². The van der Waals surface area contributed by atoms with E-state index in [1.807, 2.05) is 12.1 Å². The maximum atomic E-state index is 3.57. The first-order valence-corrected chi connectivity index (χ1v) is 6.83. The van der Waals surface area contributed by atoms with Crippen molar-refractivity contribution in [3.63, 3.8) is 0 Å². The van der Waals surface area contributed by atoms with Gasteiger partial charge in [0.1, 0.15) is 0 Å². The van der Waals surface area contributed by atoms with Gasteiger partial charge in [-0.1, -0.05) is 75.9 Å². The number of hydrogen-bond donors (Lipinski definition) is 0. The Morgan fingerprint density at radius 1 is 1.08 bits per heavy atom. The van der Waals surface area contributed by atoms with E-state index in [4.69, 9.17) is 0 Å². The van der Waals surface area contributed by atoms with Crippen molar-refractivity contribution >= 4 is 63.7 Å². The molecule has 0 aliphatic carbocycles. The molecule has 0 aliphatic heterocycles. The molecule has 1 aromatic carbocycles. The van der Waals surface area contributed by atoms with Crippen molar-refractivity contribution in [3.8, 4) is 0 Å². The van der Waals surface area contributed by atoms with Gasteiger partial charge in [0.2, 0.25) is 0 Å². The van der Waals surface area contributed by atoms with Crippen LogP contribution in [0.25, 0.3) is 0 Å². The fourth-order valence-corrected chi connectivity index (χ4v) is 2.14. The van der Waals surface area contributed by atoms with Crippen molar-refractivity contribution in [1.29, 1.82) is 0 Å². The first-order chi connectivity index (χ1) is 5.61. The van der Waals surface area contributed by atoms with Crippen LogP contribution in [0.5, 0.6) is 0 Å². The van der Waals surface area contributed by atoms with E-state index < -0.39 is 0 Å². The minimum absolute atomic E-state index is 0.249. The first kappa shape index (κ1) is 11.2. The highest BCUT2D eigenvalue weighted by molar-refractivity contribution is 9.25. The minimum atomic E-state index is 0.249. The monoisotopic (exact) mass is 418 g/mol. The zero-order valence-electron chi connectivity index (χ0n) is 5.98. The van der Waals surface area contributed by atoms with Crippen molar-refractivity contribution in [2.75, 3.05) is 0 Å². The van der Waals surface area contributed by atoms with E-state index in [1.165, 1.54) is 5.56 Å². The lowest BCUT2D eigenvalue weighted by molar-refractivity contribution is 1.11. The van der Waals surface area contributed by atoms with Crippen LogP contribution in [0.3, 0.4) is 0 Å². The van der Waals surface area contributed by atoms with Crippen molar-refractivity contribution in [1.82, 2.24) is 0 Å². The van der Waals surface area contributed by atoms with E-state index in [0.717, 1.165) is 4.47 Å². The third-order valence-electron chi connectivity index (χ3n) is 1.39. The Labute approximate surface area is 106 Å². The number of alkyl halides is 3. The van der Waals surface area contributed by atoms with Gasteiger partial charge in [0.05, 0.1) is 8.56 Å². The van der Waals surface area contributed by atoms with Gasteiger partial charge in [-0.2, -0.15) is 0 Å². The second kappa shape index (κ2) is 5.13. The molecule has 0 aliphatic rings. The highest BCUT2D eigenvalue weighted by atomic mass is 79.9. The third kappa shape index (κ3) is 3.13.